The van der Waals surface area contributed by atoms with Crippen molar-refractivity contribution in [1.29, 1.82) is 5.26 Å². The van der Waals surface area contributed by atoms with Crippen molar-refractivity contribution in [3.05, 3.63) is 29.6 Å². The van der Waals surface area contributed by atoms with Crippen LogP contribution in [0.4, 0.5) is 4.39 Å². The minimum atomic E-state index is -0.427. The molecule has 1 saturated carbocycles. The van der Waals surface area contributed by atoms with Crippen molar-refractivity contribution in [2.24, 2.45) is 0 Å². The Morgan fingerprint density at radius 1 is 1.48 bits per heavy atom. The zero-order valence-electron chi connectivity index (χ0n) is 12.8. The first kappa shape index (κ1) is 15.8. The van der Waals surface area contributed by atoms with Crippen molar-refractivity contribution in [2.45, 2.75) is 57.5 Å². The summed E-state index contributed by atoms with van der Waals surface area (Å²) in [6, 6.07) is 7.72. The number of rotatable bonds is 8. The Balaban J connectivity index is 1.79. The van der Waals surface area contributed by atoms with Crippen LogP contribution in [0.5, 0.6) is 5.75 Å². The number of nitrogens with one attached hydrogen (secondary N) is 1. The fourth-order valence-corrected chi connectivity index (χ4v) is 2.41. The first-order chi connectivity index (χ1) is 10.1. The molecule has 1 N–H and O–H groups in total. The molecule has 0 saturated heterocycles. The Bertz CT molecular complexity index is 522. The van der Waals surface area contributed by atoms with E-state index in [-0.39, 0.29) is 5.82 Å². The first-order valence-corrected chi connectivity index (χ1v) is 7.66. The normalized spacial score (nSPS) is 17.0. The third kappa shape index (κ3) is 4.44. The molecule has 0 bridgehead atoms. The fraction of sp³-hybridized carbons (Fsp3) is 0.588. The highest BCUT2D eigenvalue weighted by Crippen LogP contribution is 2.26. The van der Waals surface area contributed by atoms with Gasteiger partial charge in [-0.3, -0.25) is 5.32 Å². The van der Waals surface area contributed by atoms with Gasteiger partial charge in [0.1, 0.15) is 17.1 Å². The lowest BCUT2D eigenvalue weighted by Gasteiger charge is -2.26. The zero-order valence-corrected chi connectivity index (χ0v) is 12.8. The number of halogens is 1. The molecule has 1 aromatic rings. The van der Waals surface area contributed by atoms with Crippen molar-refractivity contribution >= 4 is 0 Å². The van der Waals surface area contributed by atoms with Gasteiger partial charge in [0.05, 0.1) is 12.7 Å². The van der Waals surface area contributed by atoms with E-state index in [1.807, 2.05) is 6.92 Å². The summed E-state index contributed by atoms with van der Waals surface area (Å²) in [7, 11) is 0. The summed E-state index contributed by atoms with van der Waals surface area (Å²) in [5, 5.41) is 12.9. The van der Waals surface area contributed by atoms with Gasteiger partial charge in [-0.15, -0.1) is 0 Å². The molecule has 1 atom stereocenters. The van der Waals surface area contributed by atoms with Gasteiger partial charge in [-0.2, -0.15) is 5.26 Å². The van der Waals surface area contributed by atoms with Crippen LogP contribution in [0.1, 0.15) is 44.6 Å². The lowest BCUT2D eigenvalue weighted by atomic mass is 9.92. The van der Waals surface area contributed by atoms with E-state index in [4.69, 9.17) is 4.74 Å². The van der Waals surface area contributed by atoms with E-state index < -0.39 is 5.54 Å². The van der Waals surface area contributed by atoms with E-state index in [0.29, 0.717) is 24.0 Å². The van der Waals surface area contributed by atoms with E-state index in [1.165, 1.54) is 18.9 Å². The smallest absolute Gasteiger partial charge is 0.126 e. The van der Waals surface area contributed by atoms with Crippen molar-refractivity contribution in [3.8, 4) is 11.8 Å². The maximum atomic E-state index is 13.2. The van der Waals surface area contributed by atoms with Crippen molar-refractivity contribution in [3.63, 3.8) is 0 Å². The van der Waals surface area contributed by atoms with Gasteiger partial charge in [-0.1, -0.05) is 6.92 Å². The molecule has 2 rings (SSSR count). The molecular weight excluding hydrogens is 267 g/mol. The third-order valence-electron chi connectivity index (χ3n) is 4.02. The number of nitrogens with zero attached hydrogens (tertiary/aromatic N) is 1. The Morgan fingerprint density at radius 2 is 2.24 bits per heavy atom. The van der Waals surface area contributed by atoms with Crippen LogP contribution in [0.2, 0.25) is 0 Å². The highest BCUT2D eigenvalue weighted by Gasteiger charge is 2.34. The minimum Gasteiger partial charge on any atom is -0.494 e. The van der Waals surface area contributed by atoms with Crippen LogP contribution in [-0.2, 0) is 0 Å². The van der Waals surface area contributed by atoms with Crippen LogP contribution < -0.4 is 10.1 Å². The largest absolute Gasteiger partial charge is 0.494 e. The highest BCUT2D eigenvalue weighted by atomic mass is 19.1. The summed E-state index contributed by atoms with van der Waals surface area (Å²) < 4.78 is 18.8. The quantitative estimate of drug-likeness (QED) is 0.742. The molecule has 21 heavy (non-hydrogen) atoms. The van der Waals surface area contributed by atoms with Crippen LogP contribution in [0, 0.1) is 24.1 Å². The van der Waals surface area contributed by atoms with Gasteiger partial charge in [0.15, 0.2) is 0 Å². The van der Waals surface area contributed by atoms with E-state index >= 15 is 0 Å². The maximum absolute atomic E-state index is 13.2. The summed E-state index contributed by atoms with van der Waals surface area (Å²) >= 11 is 0. The number of nitriles is 1. The SMILES string of the molecule is CCC(C#N)(CCCOc1ccc(F)c(C)c1)NC1CC1. The molecule has 0 aliphatic heterocycles. The predicted molar refractivity (Wildman–Crippen MR) is 80.7 cm³/mol. The van der Waals surface area contributed by atoms with Gasteiger partial charge in [-0.05, 0) is 62.8 Å². The van der Waals surface area contributed by atoms with E-state index in [1.54, 1.807) is 19.1 Å². The Labute approximate surface area is 126 Å². The molecule has 0 radical (unpaired) electrons. The number of hydrogen-bond donors (Lipinski definition) is 1. The van der Waals surface area contributed by atoms with E-state index in [0.717, 1.165) is 19.3 Å². The standard InChI is InChI=1S/C17H23FN2O/c1-3-17(12-19,20-14-5-6-14)9-4-10-21-15-7-8-16(18)13(2)11-15/h7-8,11,14,20H,3-6,9-10H2,1-2H3. The summed E-state index contributed by atoms with van der Waals surface area (Å²) in [6.07, 6.45) is 4.73. The number of ether oxygens (including phenoxy) is 1. The molecule has 1 aliphatic rings. The van der Waals surface area contributed by atoms with Gasteiger partial charge < -0.3 is 4.74 Å². The maximum Gasteiger partial charge on any atom is 0.126 e. The van der Waals surface area contributed by atoms with Gasteiger partial charge >= 0.3 is 0 Å². The van der Waals surface area contributed by atoms with Crippen LogP contribution in [0.3, 0.4) is 0 Å². The third-order valence-corrected chi connectivity index (χ3v) is 4.02. The van der Waals surface area contributed by atoms with Gasteiger partial charge in [-0.25, -0.2) is 4.39 Å². The first-order valence-electron chi connectivity index (χ1n) is 7.66. The molecular formula is C17H23FN2O. The van der Waals surface area contributed by atoms with Gasteiger partial charge in [0, 0.05) is 6.04 Å². The van der Waals surface area contributed by atoms with Crippen LogP contribution in [-0.4, -0.2) is 18.2 Å². The van der Waals surface area contributed by atoms with Gasteiger partial charge in [0.2, 0.25) is 0 Å². The number of hydrogen-bond acceptors (Lipinski definition) is 3. The predicted octanol–water partition coefficient (Wildman–Crippen LogP) is 3.72. The Hall–Kier alpha value is -1.60. The Morgan fingerprint density at radius 3 is 2.81 bits per heavy atom. The second-order valence-corrected chi connectivity index (χ2v) is 5.83. The van der Waals surface area contributed by atoms with Crippen molar-refractivity contribution < 1.29 is 9.13 Å². The minimum absolute atomic E-state index is 0.217. The molecule has 1 unspecified atom stereocenters. The molecule has 3 nitrogen and oxygen atoms in total. The molecule has 4 heteroatoms. The summed E-state index contributed by atoms with van der Waals surface area (Å²) in [4.78, 5) is 0. The van der Waals surface area contributed by atoms with Gasteiger partial charge in [0.25, 0.3) is 0 Å². The molecule has 1 fully saturated rings. The summed E-state index contributed by atoms with van der Waals surface area (Å²) in [5.41, 5.74) is 0.159. The summed E-state index contributed by atoms with van der Waals surface area (Å²) in [6.45, 7) is 4.31. The molecule has 1 aromatic carbocycles. The van der Waals surface area contributed by atoms with E-state index in [9.17, 15) is 9.65 Å². The van der Waals surface area contributed by atoms with Crippen molar-refractivity contribution in [1.82, 2.24) is 5.32 Å². The highest BCUT2D eigenvalue weighted by molar-refractivity contribution is 5.28. The average Bonchev–Trinajstić information content (AvgIpc) is 3.30. The monoisotopic (exact) mass is 290 g/mol. The molecule has 0 spiro atoms. The zero-order chi connectivity index (χ0) is 15.3. The summed E-state index contributed by atoms with van der Waals surface area (Å²) in [5.74, 6) is 0.466. The number of benzene rings is 1. The van der Waals surface area contributed by atoms with Crippen molar-refractivity contribution in [2.75, 3.05) is 6.61 Å². The molecule has 0 amide bonds. The average molecular weight is 290 g/mol. The topological polar surface area (TPSA) is 45.0 Å². The van der Waals surface area contributed by atoms with Crippen LogP contribution in [0.25, 0.3) is 0 Å². The van der Waals surface area contributed by atoms with E-state index in [2.05, 4.69) is 11.4 Å². The number of aryl methyl sites for hydroxylation is 1. The molecule has 114 valence electrons. The lowest BCUT2D eigenvalue weighted by molar-refractivity contribution is 0.274. The molecule has 0 aromatic heterocycles. The van der Waals surface area contributed by atoms with Crippen LogP contribution >= 0.6 is 0 Å². The second kappa shape index (κ2) is 6.91. The molecule has 0 heterocycles. The fourth-order valence-electron chi connectivity index (χ4n) is 2.41. The Kier molecular flexibility index (Phi) is 5.19. The molecule has 1 aliphatic carbocycles. The second-order valence-electron chi connectivity index (χ2n) is 5.83. The lowest BCUT2D eigenvalue weighted by Crippen LogP contribution is -2.44. The van der Waals surface area contributed by atoms with Crippen LogP contribution in [0.15, 0.2) is 18.2 Å².